The molecule has 10 nitrogen and oxygen atoms in total. The summed E-state index contributed by atoms with van der Waals surface area (Å²) in [6, 6.07) is 0. The van der Waals surface area contributed by atoms with Gasteiger partial charge in [0.1, 0.15) is 24.4 Å². The third kappa shape index (κ3) is 2.95. The first-order valence-electron chi connectivity index (χ1n) is 6.12. The van der Waals surface area contributed by atoms with Crippen LogP contribution in [0.15, 0.2) is 11.5 Å². The first-order chi connectivity index (χ1) is 9.86. The number of carbonyl (C=O) groups is 1. The minimum Gasteiger partial charge on any atom is -0.499 e. The molecule has 0 amide bonds. The average Bonchev–Trinajstić information content (AvgIpc) is 2.75. The fraction of sp³-hybridized carbons (Fsp3) is 0.727. The quantitative estimate of drug-likeness (QED) is 0.287. The van der Waals surface area contributed by atoms with Crippen LogP contribution in [0.3, 0.4) is 0 Å². The molecule has 0 aromatic carbocycles. The Hall–Kier alpha value is -1.43. The zero-order valence-corrected chi connectivity index (χ0v) is 10.7. The molecule has 2 aliphatic heterocycles. The lowest BCUT2D eigenvalue weighted by molar-refractivity contribution is -0.262. The maximum Gasteiger partial charge on any atom is 0.378 e. The molecule has 0 aromatic heterocycles. The standard InChI is InChI=1S/C11H16O10/c12-1-3(13)8-9(7(17)10(18)20-8)21-11-6(16)5(15)4(14)2-19-11/h3-6,8,11-17H,1-2H2/t3-,4+,5-,6+,8+,11+/m0/s1. The van der Waals surface area contributed by atoms with E-state index in [0.717, 1.165) is 0 Å². The molecule has 6 N–H and O–H groups in total. The fourth-order valence-corrected chi connectivity index (χ4v) is 1.94. The van der Waals surface area contributed by atoms with Gasteiger partial charge in [-0.1, -0.05) is 0 Å². The van der Waals surface area contributed by atoms with E-state index < -0.39 is 60.9 Å². The number of cyclic esters (lactones) is 1. The molecule has 6 atom stereocenters. The molecule has 0 spiro atoms. The van der Waals surface area contributed by atoms with Crippen LogP contribution in [0.4, 0.5) is 0 Å². The van der Waals surface area contributed by atoms with Crippen molar-refractivity contribution in [2.75, 3.05) is 13.2 Å². The van der Waals surface area contributed by atoms with E-state index in [4.69, 9.17) is 14.6 Å². The Morgan fingerprint density at radius 1 is 1.29 bits per heavy atom. The SMILES string of the molecule is O=C1O[C@H]([C@@H](O)CO)C(O[C@H]2OC[C@@H](O)[C@H](O)[C@H]2O)=C1O. The van der Waals surface area contributed by atoms with Crippen molar-refractivity contribution in [1.82, 2.24) is 0 Å². The molecule has 1 fully saturated rings. The molecule has 21 heavy (non-hydrogen) atoms. The molecule has 1 saturated heterocycles. The number of hydrogen-bond donors (Lipinski definition) is 6. The highest BCUT2D eigenvalue weighted by Gasteiger charge is 2.45. The summed E-state index contributed by atoms with van der Waals surface area (Å²) >= 11 is 0. The molecule has 10 heteroatoms. The molecule has 0 saturated carbocycles. The second-order valence-corrected chi connectivity index (χ2v) is 4.66. The Balaban J connectivity index is 2.14. The molecule has 2 rings (SSSR count). The highest BCUT2D eigenvalue weighted by atomic mass is 16.7. The van der Waals surface area contributed by atoms with Crippen molar-refractivity contribution >= 4 is 5.97 Å². The number of aliphatic hydroxyl groups is 6. The monoisotopic (exact) mass is 308 g/mol. The van der Waals surface area contributed by atoms with Crippen LogP contribution in [0.1, 0.15) is 0 Å². The van der Waals surface area contributed by atoms with Crippen molar-refractivity contribution < 1.29 is 49.6 Å². The van der Waals surface area contributed by atoms with Crippen LogP contribution in [-0.2, 0) is 19.0 Å². The lowest BCUT2D eigenvalue weighted by Gasteiger charge is -2.35. The third-order valence-electron chi connectivity index (χ3n) is 3.15. The van der Waals surface area contributed by atoms with Crippen LogP contribution >= 0.6 is 0 Å². The van der Waals surface area contributed by atoms with Crippen molar-refractivity contribution in [1.29, 1.82) is 0 Å². The summed E-state index contributed by atoms with van der Waals surface area (Å²) in [6.07, 6.45) is -9.04. The minimum atomic E-state index is -1.66. The van der Waals surface area contributed by atoms with E-state index in [2.05, 4.69) is 4.74 Å². The van der Waals surface area contributed by atoms with Gasteiger partial charge in [0.25, 0.3) is 0 Å². The summed E-state index contributed by atoms with van der Waals surface area (Å²) in [7, 11) is 0. The number of aliphatic hydroxyl groups excluding tert-OH is 6. The number of carbonyl (C=O) groups excluding carboxylic acids is 1. The largest absolute Gasteiger partial charge is 0.499 e. The van der Waals surface area contributed by atoms with E-state index in [1.165, 1.54) is 0 Å². The first kappa shape index (κ1) is 15.9. The summed E-state index contributed by atoms with van der Waals surface area (Å²) in [5.74, 6) is -2.65. The van der Waals surface area contributed by atoms with Gasteiger partial charge in [0, 0.05) is 0 Å². The Bertz CT molecular complexity index is 435. The van der Waals surface area contributed by atoms with E-state index in [9.17, 15) is 30.3 Å². The zero-order valence-electron chi connectivity index (χ0n) is 10.7. The van der Waals surface area contributed by atoms with Gasteiger partial charge in [-0.05, 0) is 0 Å². The number of hydrogen-bond acceptors (Lipinski definition) is 10. The van der Waals surface area contributed by atoms with Gasteiger partial charge in [-0.25, -0.2) is 4.79 Å². The molecule has 0 unspecified atom stereocenters. The molecule has 2 heterocycles. The van der Waals surface area contributed by atoms with Crippen LogP contribution in [0.25, 0.3) is 0 Å². The van der Waals surface area contributed by atoms with Crippen LogP contribution < -0.4 is 0 Å². The fourth-order valence-electron chi connectivity index (χ4n) is 1.94. The normalized spacial score (nSPS) is 38.3. The van der Waals surface area contributed by atoms with Gasteiger partial charge < -0.3 is 44.8 Å². The van der Waals surface area contributed by atoms with Crippen molar-refractivity contribution in [2.24, 2.45) is 0 Å². The van der Waals surface area contributed by atoms with Crippen LogP contribution in [0, 0.1) is 0 Å². The topological polar surface area (TPSA) is 166 Å². The molecule has 2 aliphatic rings. The van der Waals surface area contributed by atoms with E-state index >= 15 is 0 Å². The Morgan fingerprint density at radius 3 is 2.57 bits per heavy atom. The van der Waals surface area contributed by atoms with Crippen LogP contribution in [-0.4, -0.2) is 86.6 Å². The molecule has 0 bridgehead atoms. The number of esters is 1. The van der Waals surface area contributed by atoms with Gasteiger partial charge in [-0.3, -0.25) is 0 Å². The zero-order chi connectivity index (χ0) is 15.7. The predicted octanol–water partition coefficient (Wildman–Crippen LogP) is -3.51. The van der Waals surface area contributed by atoms with Gasteiger partial charge >= 0.3 is 5.97 Å². The van der Waals surface area contributed by atoms with E-state index in [1.807, 2.05) is 0 Å². The molecule has 0 aliphatic carbocycles. The van der Waals surface area contributed by atoms with Gasteiger partial charge in [-0.15, -0.1) is 0 Å². The second kappa shape index (κ2) is 6.13. The van der Waals surface area contributed by atoms with Gasteiger partial charge in [0.05, 0.1) is 13.2 Å². The van der Waals surface area contributed by atoms with Crippen molar-refractivity contribution in [3.8, 4) is 0 Å². The highest BCUT2D eigenvalue weighted by molar-refractivity contribution is 5.89. The number of rotatable bonds is 4. The second-order valence-electron chi connectivity index (χ2n) is 4.66. The Morgan fingerprint density at radius 2 is 1.95 bits per heavy atom. The molecule has 120 valence electrons. The van der Waals surface area contributed by atoms with Crippen LogP contribution in [0.5, 0.6) is 0 Å². The predicted molar refractivity (Wildman–Crippen MR) is 61.5 cm³/mol. The summed E-state index contributed by atoms with van der Waals surface area (Å²) in [6.45, 7) is -1.12. The molecule has 0 aromatic rings. The summed E-state index contributed by atoms with van der Waals surface area (Å²) in [5, 5.41) is 56.4. The molecular weight excluding hydrogens is 292 g/mol. The Labute approximate surface area is 118 Å². The van der Waals surface area contributed by atoms with E-state index in [-0.39, 0.29) is 6.61 Å². The van der Waals surface area contributed by atoms with Crippen molar-refractivity contribution in [3.63, 3.8) is 0 Å². The summed E-state index contributed by atoms with van der Waals surface area (Å²) < 4.78 is 14.6. The maximum absolute atomic E-state index is 11.3. The average molecular weight is 308 g/mol. The molecular formula is C11H16O10. The third-order valence-corrected chi connectivity index (χ3v) is 3.15. The Kier molecular flexibility index (Phi) is 4.66. The van der Waals surface area contributed by atoms with Gasteiger partial charge in [0.2, 0.25) is 12.0 Å². The van der Waals surface area contributed by atoms with Gasteiger partial charge in [0.15, 0.2) is 11.9 Å². The minimum absolute atomic E-state index is 0.348. The van der Waals surface area contributed by atoms with E-state index in [1.54, 1.807) is 0 Å². The molecule has 0 radical (unpaired) electrons. The summed E-state index contributed by atoms with van der Waals surface area (Å²) in [5.41, 5.74) is 0. The van der Waals surface area contributed by atoms with Crippen molar-refractivity contribution in [3.05, 3.63) is 11.5 Å². The van der Waals surface area contributed by atoms with Crippen LogP contribution in [0.2, 0.25) is 0 Å². The smallest absolute Gasteiger partial charge is 0.378 e. The summed E-state index contributed by atoms with van der Waals surface area (Å²) in [4.78, 5) is 11.3. The highest BCUT2D eigenvalue weighted by Crippen LogP contribution is 2.28. The lowest BCUT2D eigenvalue weighted by atomic mass is 10.1. The van der Waals surface area contributed by atoms with Gasteiger partial charge in [-0.2, -0.15) is 0 Å². The van der Waals surface area contributed by atoms with E-state index in [0.29, 0.717) is 0 Å². The first-order valence-corrected chi connectivity index (χ1v) is 6.12. The lowest BCUT2D eigenvalue weighted by Crippen LogP contribution is -2.54. The number of ether oxygens (including phenoxy) is 3. The van der Waals surface area contributed by atoms with Crippen molar-refractivity contribution in [2.45, 2.75) is 36.8 Å². The maximum atomic E-state index is 11.3.